The van der Waals surface area contributed by atoms with Crippen molar-refractivity contribution in [2.75, 3.05) is 26.0 Å². The highest BCUT2D eigenvalue weighted by Gasteiger charge is 2.04. The van der Waals surface area contributed by atoms with Crippen molar-refractivity contribution in [3.63, 3.8) is 0 Å². The fraction of sp³-hybridized carbons (Fsp3) is 0.364. The SMILES string of the molecule is CNCCC(=O)Nc1ccc(OC)c(Br)c1. The maximum absolute atomic E-state index is 11.4. The average Bonchev–Trinajstić information content (AvgIpc) is 2.26. The summed E-state index contributed by atoms with van der Waals surface area (Å²) in [6.07, 6.45) is 0.458. The minimum absolute atomic E-state index is 0.00795. The van der Waals surface area contributed by atoms with Crippen LogP contribution in [0.25, 0.3) is 0 Å². The van der Waals surface area contributed by atoms with Crippen molar-refractivity contribution in [2.45, 2.75) is 6.42 Å². The molecule has 2 N–H and O–H groups in total. The number of carbonyl (C=O) groups is 1. The van der Waals surface area contributed by atoms with Gasteiger partial charge in [0.25, 0.3) is 0 Å². The van der Waals surface area contributed by atoms with Gasteiger partial charge in [0.15, 0.2) is 0 Å². The van der Waals surface area contributed by atoms with E-state index in [1.54, 1.807) is 19.2 Å². The molecule has 0 heterocycles. The zero-order chi connectivity index (χ0) is 12.0. The molecule has 0 bridgehead atoms. The highest BCUT2D eigenvalue weighted by molar-refractivity contribution is 9.10. The molecule has 0 aliphatic carbocycles. The van der Waals surface area contributed by atoms with Crippen LogP contribution in [0, 0.1) is 0 Å². The van der Waals surface area contributed by atoms with Gasteiger partial charge in [-0.25, -0.2) is 0 Å². The van der Waals surface area contributed by atoms with Gasteiger partial charge < -0.3 is 15.4 Å². The van der Waals surface area contributed by atoms with Crippen LogP contribution in [-0.2, 0) is 4.79 Å². The predicted octanol–water partition coefficient (Wildman–Crippen LogP) is 2.01. The van der Waals surface area contributed by atoms with E-state index in [4.69, 9.17) is 4.74 Å². The summed E-state index contributed by atoms with van der Waals surface area (Å²) in [6.45, 7) is 0.670. The Hall–Kier alpha value is -1.07. The van der Waals surface area contributed by atoms with Gasteiger partial charge >= 0.3 is 0 Å². The quantitative estimate of drug-likeness (QED) is 0.871. The molecule has 0 atom stereocenters. The summed E-state index contributed by atoms with van der Waals surface area (Å²) < 4.78 is 5.92. The summed E-state index contributed by atoms with van der Waals surface area (Å²) in [5.74, 6) is 0.736. The van der Waals surface area contributed by atoms with Crippen LogP contribution in [0.2, 0.25) is 0 Å². The number of hydrogen-bond donors (Lipinski definition) is 2. The van der Waals surface area contributed by atoms with Gasteiger partial charge in [0.2, 0.25) is 5.91 Å². The van der Waals surface area contributed by atoms with Crippen molar-refractivity contribution in [1.29, 1.82) is 0 Å². The molecule has 0 aromatic heterocycles. The van der Waals surface area contributed by atoms with Gasteiger partial charge in [0, 0.05) is 18.7 Å². The molecular weight excluding hydrogens is 272 g/mol. The van der Waals surface area contributed by atoms with Crippen LogP contribution in [-0.4, -0.2) is 26.6 Å². The van der Waals surface area contributed by atoms with E-state index in [9.17, 15) is 4.79 Å². The molecule has 0 aliphatic rings. The van der Waals surface area contributed by atoms with Crippen LogP contribution in [0.4, 0.5) is 5.69 Å². The number of carbonyl (C=O) groups excluding carboxylic acids is 1. The van der Waals surface area contributed by atoms with Gasteiger partial charge in [-0.1, -0.05) is 0 Å². The molecule has 0 fully saturated rings. The summed E-state index contributed by atoms with van der Waals surface area (Å²) >= 11 is 3.36. The lowest BCUT2D eigenvalue weighted by Crippen LogP contribution is -2.18. The van der Waals surface area contributed by atoms with Gasteiger partial charge in [0.05, 0.1) is 11.6 Å². The molecule has 1 amide bonds. The lowest BCUT2D eigenvalue weighted by atomic mass is 10.3. The third kappa shape index (κ3) is 3.83. The summed E-state index contributed by atoms with van der Waals surface area (Å²) in [5, 5.41) is 5.73. The van der Waals surface area contributed by atoms with E-state index in [1.807, 2.05) is 13.1 Å². The largest absolute Gasteiger partial charge is 0.496 e. The molecule has 4 nitrogen and oxygen atoms in total. The Morgan fingerprint density at radius 2 is 2.25 bits per heavy atom. The van der Waals surface area contributed by atoms with Crippen molar-refractivity contribution in [1.82, 2.24) is 5.32 Å². The lowest BCUT2D eigenvalue weighted by Gasteiger charge is -2.08. The number of anilines is 1. The Labute approximate surface area is 103 Å². The van der Waals surface area contributed by atoms with Crippen molar-refractivity contribution in [3.8, 4) is 5.75 Å². The summed E-state index contributed by atoms with van der Waals surface area (Å²) in [7, 11) is 3.42. The molecule has 0 spiro atoms. The third-order valence-corrected chi connectivity index (χ3v) is 2.66. The van der Waals surface area contributed by atoms with Crippen LogP contribution in [0.1, 0.15) is 6.42 Å². The zero-order valence-electron chi connectivity index (χ0n) is 9.34. The number of methoxy groups -OCH3 is 1. The second kappa shape index (κ2) is 6.50. The van der Waals surface area contributed by atoms with E-state index in [1.165, 1.54) is 0 Å². The molecule has 0 radical (unpaired) electrons. The van der Waals surface area contributed by atoms with E-state index < -0.39 is 0 Å². The fourth-order valence-electron chi connectivity index (χ4n) is 1.21. The van der Waals surface area contributed by atoms with E-state index in [0.29, 0.717) is 13.0 Å². The number of benzene rings is 1. The molecule has 5 heteroatoms. The number of amides is 1. The van der Waals surface area contributed by atoms with Crippen LogP contribution in [0.3, 0.4) is 0 Å². The molecule has 16 heavy (non-hydrogen) atoms. The predicted molar refractivity (Wildman–Crippen MR) is 67.9 cm³/mol. The van der Waals surface area contributed by atoms with Crippen molar-refractivity contribution in [3.05, 3.63) is 22.7 Å². The topological polar surface area (TPSA) is 50.4 Å². The average molecular weight is 287 g/mol. The maximum atomic E-state index is 11.4. The summed E-state index contributed by atoms with van der Waals surface area (Å²) in [6, 6.07) is 5.43. The van der Waals surface area contributed by atoms with E-state index in [2.05, 4.69) is 26.6 Å². The van der Waals surface area contributed by atoms with Crippen LogP contribution in [0.5, 0.6) is 5.75 Å². The first kappa shape index (κ1) is 13.0. The van der Waals surface area contributed by atoms with Crippen molar-refractivity contribution in [2.24, 2.45) is 0 Å². The molecule has 0 saturated heterocycles. The maximum Gasteiger partial charge on any atom is 0.225 e. The molecular formula is C11H15BrN2O2. The van der Waals surface area contributed by atoms with Gasteiger partial charge in [-0.2, -0.15) is 0 Å². The number of hydrogen-bond acceptors (Lipinski definition) is 3. The zero-order valence-corrected chi connectivity index (χ0v) is 10.9. The molecule has 0 unspecified atom stereocenters. The first-order chi connectivity index (χ1) is 7.67. The summed E-state index contributed by atoms with van der Waals surface area (Å²) in [5.41, 5.74) is 0.758. The Morgan fingerprint density at radius 1 is 1.50 bits per heavy atom. The minimum atomic E-state index is -0.00795. The Kier molecular flexibility index (Phi) is 5.28. The fourth-order valence-corrected chi connectivity index (χ4v) is 1.75. The standard InChI is InChI=1S/C11H15BrN2O2/c1-13-6-5-11(15)14-8-3-4-10(16-2)9(12)7-8/h3-4,7,13H,5-6H2,1-2H3,(H,14,15). The molecule has 88 valence electrons. The second-order valence-electron chi connectivity index (χ2n) is 3.25. The van der Waals surface area contributed by atoms with Crippen LogP contribution < -0.4 is 15.4 Å². The second-order valence-corrected chi connectivity index (χ2v) is 4.11. The smallest absolute Gasteiger partial charge is 0.225 e. The highest BCUT2D eigenvalue weighted by Crippen LogP contribution is 2.27. The highest BCUT2D eigenvalue weighted by atomic mass is 79.9. The number of halogens is 1. The Morgan fingerprint density at radius 3 is 2.81 bits per heavy atom. The molecule has 0 saturated carbocycles. The first-order valence-corrected chi connectivity index (χ1v) is 5.74. The normalized spacial score (nSPS) is 9.94. The minimum Gasteiger partial charge on any atom is -0.496 e. The van der Waals surface area contributed by atoms with Gasteiger partial charge in [-0.3, -0.25) is 4.79 Å². The monoisotopic (exact) mass is 286 g/mol. The van der Waals surface area contributed by atoms with E-state index >= 15 is 0 Å². The van der Waals surface area contributed by atoms with Crippen LogP contribution in [0.15, 0.2) is 22.7 Å². The number of nitrogens with one attached hydrogen (secondary N) is 2. The van der Waals surface area contributed by atoms with Crippen molar-refractivity contribution < 1.29 is 9.53 Å². The van der Waals surface area contributed by atoms with Crippen molar-refractivity contribution >= 4 is 27.5 Å². The molecule has 1 aromatic rings. The Balaban J connectivity index is 2.61. The molecule has 1 rings (SSSR count). The third-order valence-electron chi connectivity index (χ3n) is 2.04. The molecule has 0 aliphatic heterocycles. The first-order valence-electron chi connectivity index (χ1n) is 4.95. The van der Waals surface area contributed by atoms with Gasteiger partial charge in [0.1, 0.15) is 5.75 Å². The van der Waals surface area contributed by atoms with Gasteiger partial charge in [-0.15, -0.1) is 0 Å². The Bertz CT molecular complexity index is 369. The van der Waals surface area contributed by atoms with E-state index in [0.717, 1.165) is 15.9 Å². The van der Waals surface area contributed by atoms with Crippen LogP contribution >= 0.6 is 15.9 Å². The lowest BCUT2D eigenvalue weighted by molar-refractivity contribution is -0.116. The van der Waals surface area contributed by atoms with E-state index in [-0.39, 0.29) is 5.91 Å². The summed E-state index contributed by atoms with van der Waals surface area (Å²) in [4.78, 5) is 11.4. The number of ether oxygens (including phenoxy) is 1. The molecule has 1 aromatic carbocycles. The van der Waals surface area contributed by atoms with Gasteiger partial charge in [-0.05, 0) is 41.2 Å². The number of rotatable bonds is 5.